The lowest BCUT2D eigenvalue weighted by atomic mass is 9.88. The molecule has 1 aromatic carbocycles. The summed E-state index contributed by atoms with van der Waals surface area (Å²) in [7, 11) is 1.29. The van der Waals surface area contributed by atoms with Crippen LogP contribution in [0.4, 0.5) is 13.2 Å². The van der Waals surface area contributed by atoms with Gasteiger partial charge in [-0.05, 0) is 31.2 Å². The van der Waals surface area contributed by atoms with E-state index >= 15 is 0 Å². The Balaban J connectivity index is 2.96. The Kier molecular flexibility index (Phi) is 5.60. The molecule has 0 bridgehead atoms. The van der Waals surface area contributed by atoms with Crippen molar-refractivity contribution in [1.82, 2.24) is 5.32 Å². The van der Waals surface area contributed by atoms with Gasteiger partial charge in [-0.15, -0.1) is 13.2 Å². The minimum Gasteiger partial charge on any atom is -0.469 e. The molecular weight excluding hydrogens is 287 g/mol. The number of rotatable bonds is 6. The Labute approximate surface area is 121 Å². The highest BCUT2D eigenvalue weighted by molar-refractivity contribution is 5.71. The second kappa shape index (κ2) is 6.80. The summed E-state index contributed by atoms with van der Waals surface area (Å²) in [6.07, 6.45) is -4.66. The van der Waals surface area contributed by atoms with Gasteiger partial charge in [-0.2, -0.15) is 0 Å². The number of halogens is 3. The van der Waals surface area contributed by atoms with E-state index in [2.05, 4.69) is 14.8 Å². The average Bonchev–Trinajstić information content (AvgIpc) is 2.37. The van der Waals surface area contributed by atoms with E-state index in [9.17, 15) is 18.0 Å². The van der Waals surface area contributed by atoms with E-state index in [4.69, 9.17) is 0 Å². The number of ether oxygens (including phenoxy) is 2. The van der Waals surface area contributed by atoms with Gasteiger partial charge in [0.05, 0.1) is 19.1 Å². The van der Waals surface area contributed by atoms with Crippen molar-refractivity contribution in [3.05, 3.63) is 29.8 Å². The van der Waals surface area contributed by atoms with Crippen LogP contribution in [0.5, 0.6) is 5.75 Å². The second-order valence-electron chi connectivity index (χ2n) is 4.69. The third-order valence-electron chi connectivity index (χ3n) is 3.02. The number of nitrogens with one attached hydrogen (secondary N) is 1. The summed E-state index contributed by atoms with van der Waals surface area (Å²) in [5, 5.41) is 3.14. The quantitative estimate of drug-likeness (QED) is 0.821. The van der Waals surface area contributed by atoms with E-state index in [1.807, 2.05) is 6.92 Å². The van der Waals surface area contributed by atoms with Crippen LogP contribution in [0, 0.1) is 0 Å². The highest BCUT2D eigenvalue weighted by Crippen LogP contribution is 2.29. The molecule has 0 saturated carbocycles. The lowest BCUT2D eigenvalue weighted by Gasteiger charge is -2.30. The molecule has 21 heavy (non-hydrogen) atoms. The van der Waals surface area contributed by atoms with Crippen molar-refractivity contribution in [3.63, 3.8) is 0 Å². The standard InChI is InChI=1S/C14H18F3NO3/c1-4-18-13(2,9-12(19)20-3)10-5-7-11(8-6-10)21-14(15,16)17/h5-8,18H,4,9H2,1-3H3. The van der Waals surface area contributed by atoms with Gasteiger partial charge in [0.15, 0.2) is 0 Å². The van der Waals surface area contributed by atoms with E-state index in [1.54, 1.807) is 6.92 Å². The number of benzene rings is 1. The van der Waals surface area contributed by atoms with Crippen LogP contribution < -0.4 is 10.1 Å². The molecule has 1 atom stereocenters. The van der Waals surface area contributed by atoms with Crippen molar-refractivity contribution < 1.29 is 27.4 Å². The zero-order valence-corrected chi connectivity index (χ0v) is 12.1. The van der Waals surface area contributed by atoms with E-state index in [1.165, 1.54) is 31.4 Å². The summed E-state index contributed by atoms with van der Waals surface area (Å²) in [5.41, 5.74) is -0.0530. The fraction of sp³-hybridized carbons (Fsp3) is 0.500. The minimum absolute atomic E-state index is 0.0663. The van der Waals surface area contributed by atoms with Gasteiger partial charge in [-0.1, -0.05) is 19.1 Å². The first-order valence-corrected chi connectivity index (χ1v) is 6.38. The number of hydrogen-bond acceptors (Lipinski definition) is 4. The lowest BCUT2D eigenvalue weighted by molar-refractivity contribution is -0.274. The van der Waals surface area contributed by atoms with Gasteiger partial charge in [0.1, 0.15) is 5.75 Å². The van der Waals surface area contributed by atoms with Gasteiger partial charge in [0, 0.05) is 0 Å². The fourth-order valence-corrected chi connectivity index (χ4v) is 2.04. The summed E-state index contributed by atoms with van der Waals surface area (Å²) in [5.74, 6) is -0.711. The molecule has 0 radical (unpaired) electrons. The normalized spacial score (nSPS) is 14.4. The molecule has 1 aromatic rings. The van der Waals surface area contributed by atoms with Crippen molar-refractivity contribution >= 4 is 5.97 Å². The second-order valence-corrected chi connectivity index (χ2v) is 4.69. The van der Waals surface area contributed by atoms with Crippen LogP contribution in [0.15, 0.2) is 24.3 Å². The molecular formula is C14H18F3NO3. The molecule has 0 spiro atoms. The van der Waals surface area contributed by atoms with Crippen molar-refractivity contribution in [3.8, 4) is 5.75 Å². The predicted octanol–water partition coefficient (Wildman–Crippen LogP) is 2.97. The van der Waals surface area contributed by atoms with Crippen LogP contribution in [0.2, 0.25) is 0 Å². The molecule has 0 aliphatic heterocycles. The first kappa shape index (κ1) is 17.3. The van der Waals surface area contributed by atoms with Crippen LogP contribution in [-0.2, 0) is 15.1 Å². The maximum Gasteiger partial charge on any atom is 0.573 e. The van der Waals surface area contributed by atoms with Crippen LogP contribution in [0.3, 0.4) is 0 Å². The first-order chi connectivity index (χ1) is 9.70. The van der Waals surface area contributed by atoms with Crippen LogP contribution in [0.25, 0.3) is 0 Å². The van der Waals surface area contributed by atoms with Gasteiger partial charge in [-0.3, -0.25) is 4.79 Å². The highest BCUT2D eigenvalue weighted by Gasteiger charge is 2.32. The van der Waals surface area contributed by atoms with E-state index < -0.39 is 17.9 Å². The van der Waals surface area contributed by atoms with Gasteiger partial charge in [-0.25, -0.2) is 0 Å². The van der Waals surface area contributed by atoms with E-state index in [0.717, 1.165) is 0 Å². The van der Waals surface area contributed by atoms with Crippen molar-refractivity contribution in [2.75, 3.05) is 13.7 Å². The number of carbonyl (C=O) groups is 1. The average molecular weight is 305 g/mol. The molecule has 0 amide bonds. The molecule has 0 fully saturated rings. The van der Waals surface area contributed by atoms with Crippen LogP contribution in [-0.4, -0.2) is 26.0 Å². The fourth-order valence-electron chi connectivity index (χ4n) is 2.04. The van der Waals surface area contributed by atoms with Gasteiger partial charge >= 0.3 is 12.3 Å². The van der Waals surface area contributed by atoms with Gasteiger partial charge < -0.3 is 14.8 Å². The third-order valence-corrected chi connectivity index (χ3v) is 3.02. The first-order valence-electron chi connectivity index (χ1n) is 6.38. The minimum atomic E-state index is -4.72. The van der Waals surface area contributed by atoms with Crippen molar-refractivity contribution in [1.29, 1.82) is 0 Å². The molecule has 0 heterocycles. The Hall–Kier alpha value is -1.76. The maximum atomic E-state index is 12.1. The number of methoxy groups -OCH3 is 1. The Bertz CT molecular complexity index is 473. The molecule has 1 unspecified atom stereocenters. The smallest absolute Gasteiger partial charge is 0.469 e. The van der Waals surface area contributed by atoms with Crippen LogP contribution in [0.1, 0.15) is 25.8 Å². The van der Waals surface area contributed by atoms with Gasteiger partial charge in [0.25, 0.3) is 0 Å². The summed E-state index contributed by atoms with van der Waals surface area (Å²) in [4.78, 5) is 11.5. The highest BCUT2D eigenvalue weighted by atomic mass is 19.4. The third kappa shape index (κ3) is 5.26. The molecule has 0 aliphatic rings. The molecule has 1 rings (SSSR count). The summed E-state index contributed by atoms with van der Waals surface area (Å²) >= 11 is 0. The molecule has 1 N–H and O–H groups in total. The number of alkyl halides is 3. The summed E-state index contributed by atoms with van der Waals surface area (Å²) in [6.45, 7) is 4.25. The van der Waals surface area contributed by atoms with E-state index in [0.29, 0.717) is 12.1 Å². The number of hydrogen-bond donors (Lipinski definition) is 1. The molecule has 0 aliphatic carbocycles. The topological polar surface area (TPSA) is 47.6 Å². The Morgan fingerprint density at radius 2 is 1.81 bits per heavy atom. The number of carbonyl (C=O) groups excluding carboxylic acids is 1. The summed E-state index contributed by atoms with van der Waals surface area (Å²) < 4.78 is 44.8. The zero-order chi connectivity index (χ0) is 16.1. The molecule has 118 valence electrons. The number of esters is 1. The largest absolute Gasteiger partial charge is 0.573 e. The molecule has 7 heteroatoms. The Morgan fingerprint density at radius 1 is 1.24 bits per heavy atom. The SMILES string of the molecule is CCNC(C)(CC(=O)OC)c1ccc(OC(F)(F)F)cc1. The monoisotopic (exact) mass is 305 g/mol. The van der Waals surface area contributed by atoms with Crippen LogP contribution >= 0.6 is 0 Å². The lowest BCUT2D eigenvalue weighted by Crippen LogP contribution is -2.41. The van der Waals surface area contributed by atoms with Crippen molar-refractivity contribution in [2.24, 2.45) is 0 Å². The Morgan fingerprint density at radius 3 is 2.24 bits per heavy atom. The maximum absolute atomic E-state index is 12.1. The van der Waals surface area contributed by atoms with E-state index in [-0.39, 0.29) is 12.2 Å². The summed E-state index contributed by atoms with van der Waals surface area (Å²) in [6, 6.07) is 5.42. The molecule has 0 saturated heterocycles. The zero-order valence-electron chi connectivity index (χ0n) is 12.1. The predicted molar refractivity (Wildman–Crippen MR) is 70.8 cm³/mol. The van der Waals surface area contributed by atoms with Crippen molar-refractivity contribution in [2.45, 2.75) is 32.2 Å². The molecule has 0 aromatic heterocycles. The molecule has 4 nitrogen and oxygen atoms in total. The van der Waals surface area contributed by atoms with Gasteiger partial charge in [0.2, 0.25) is 0 Å².